The summed E-state index contributed by atoms with van der Waals surface area (Å²) in [5.74, 6) is -0.0709. The molecular weight excluding hydrogens is 400 g/mol. The number of sulfonamides is 1. The first-order valence-corrected chi connectivity index (χ1v) is 11.2. The molecule has 2 aliphatic rings. The number of carbonyl (C=O) groups is 1. The Morgan fingerprint density at radius 2 is 1.75 bits per heavy atom. The van der Waals surface area contributed by atoms with Crippen LogP contribution in [0.1, 0.15) is 32.1 Å². The number of amides is 1. The number of benzene rings is 1. The summed E-state index contributed by atoms with van der Waals surface area (Å²) < 4.78 is 26.9. The van der Waals surface area contributed by atoms with Gasteiger partial charge in [-0.15, -0.1) is 12.4 Å². The summed E-state index contributed by atoms with van der Waals surface area (Å²) in [5.41, 5.74) is 0.625. The molecule has 28 heavy (non-hydrogen) atoms. The largest absolute Gasteiger partial charge is 0.325 e. The lowest BCUT2D eigenvalue weighted by molar-refractivity contribution is -0.117. The fourth-order valence-corrected chi connectivity index (χ4v) is 5.32. The van der Waals surface area contributed by atoms with Gasteiger partial charge in [0.05, 0.1) is 11.4 Å². The fourth-order valence-electron chi connectivity index (χ4n) is 3.80. The molecule has 1 aromatic carbocycles. The maximum atomic E-state index is 12.7. The zero-order valence-corrected chi connectivity index (χ0v) is 18.0. The van der Waals surface area contributed by atoms with E-state index in [1.54, 1.807) is 28.6 Å². The van der Waals surface area contributed by atoms with Crippen LogP contribution in [0.4, 0.5) is 5.69 Å². The van der Waals surface area contributed by atoms with E-state index in [0.29, 0.717) is 31.4 Å². The van der Waals surface area contributed by atoms with Gasteiger partial charge >= 0.3 is 0 Å². The van der Waals surface area contributed by atoms with Gasteiger partial charge in [0.2, 0.25) is 15.9 Å². The van der Waals surface area contributed by atoms with Crippen molar-refractivity contribution in [1.82, 2.24) is 14.5 Å². The van der Waals surface area contributed by atoms with Crippen LogP contribution < -0.4 is 10.6 Å². The van der Waals surface area contributed by atoms with E-state index in [2.05, 4.69) is 15.5 Å². The quantitative estimate of drug-likeness (QED) is 0.720. The van der Waals surface area contributed by atoms with Crippen molar-refractivity contribution >= 4 is 34.0 Å². The van der Waals surface area contributed by atoms with Crippen molar-refractivity contribution in [3.05, 3.63) is 24.3 Å². The van der Waals surface area contributed by atoms with E-state index >= 15 is 0 Å². The lowest BCUT2D eigenvalue weighted by Gasteiger charge is -2.31. The highest BCUT2D eigenvalue weighted by Crippen LogP contribution is 2.22. The number of rotatable bonds is 6. The van der Waals surface area contributed by atoms with Crippen molar-refractivity contribution in [1.29, 1.82) is 0 Å². The molecule has 3 rings (SSSR count). The average molecular weight is 431 g/mol. The van der Waals surface area contributed by atoms with E-state index in [-0.39, 0.29) is 23.2 Å². The Bertz CT molecular complexity index is 736. The molecular formula is C19H31ClN4O3S. The molecule has 9 heteroatoms. The average Bonchev–Trinajstić information content (AvgIpc) is 2.69. The molecule has 2 fully saturated rings. The summed E-state index contributed by atoms with van der Waals surface area (Å²) >= 11 is 0. The van der Waals surface area contributed by atoms with Gasteiger partial charge in [-0.25, -0.2) is 8.42 Å². The number of halogens is 1. The van der Waals surface area contributed by atoms with Crippen LogP contribution in [0.3, 0.4) is 0 Å². The Balaban J connectivity index is 0.00000280. The Labute approximate surface area is 174 Å². The highest BCUT2D eigenvalue weighted by Gasteiger charge is 2.26. The summed E-state index contributed by atoms with van der Waals surface area (Å²) in [6.07, 6.45) is 5.14. The van der Waals surface area contributed by atoms with Crippen molar-refractivity contribution in [2.24, 2.45) is 0 Å². The number of piperidine rings is 2. The van der Waals surface area contributed by atoms with Gasteiger partial charge in [0.25, 0.3) is 0 Å². The standard InChI is InChI=1S/C19H30N4O3S.ClH/c1-20-17-6-5-11-22(14-17)15-19(24)21-16-7-9-18(10-8-16)27(25,26)23-12-3-2-4-13-23;/h7-10,17,20H,2-6,11-15H2,1H3,(H,21,24);1H. The predicted molar refractivity (Wildman–Crippen MR) is 113 cm³/mol. The highest BCUT2D eigenvalue weighted by atomic mass is 35.5. The molecule has 1 atom stereocenters. The van der Waals surface area contributed by atoms with E-state index in [1.807, 2.05) is 7.05 Å². The summed E-state index contributed by atoms with van der Waals surface area (Å²) in [5, 5.41) is 6.14. The first-order valence-electron chi connectivity index (χ1n) is 9.79. The van der Waals surface area contributed by atoms with Crippen LogP contribution in [0.15, 0.2) is 29.2 Å². The number of hydrogen-bond acceptors (Lipinski definition) is 5. The summed E-state index contributed by atoms with van der Waals surface area (Å²) in [6, 6.07) is 6.93. The van der Waals surface area contributed by atoms with Crippen LogP contribution in [0.5, 0.6) is 0 Å². The molecule has 2 N–H and O–H groups in total. The number of likely N-dealkylation sites (tertiary alicyclic amines) is 1. The third-order valence-electron chi connectivity index (χ3n) is 5.37. The monoisotopic (exact) mass is 430 g/mol. The lowest BCUT2D eigenvalue weighted by Crippen LogP contribution is -2.46. The van der Waals surface area contributed by atoms with Crippen LogP contribution in [0, 0.1) is 0 Å². The van der Waals surface area contributed by atoms with Crippen molar-refractivity contribution < 1.29 is 13.2 Å². The Morgan fingerprint density at radius 1 is 1.07 bits per heavy atom. The molecule has 1 unspecified atom stereocenters. The summed E-state index contributed by atoms with van der Waals surface area (Å²) in [4.78, 5) is 14.7. The maximum Gasteiger partial charge on any atom is 0.243 e. The molecule has 7 nitrogen and oxygen atoms in total. The first kappa shape index (κ1) is 23.1. The molecule has 0 saturated carbocycles. The molecule has 0 radical (unpaired) electrons. The van der Waals surface area contributed by atoms with Crippen LogP contribution in [0.25, 0.3) is 0 Å². The van der Waals surface area contributed by atoms with E-state index in [9.17, 15) is 13.2 Å². The SMILES string of the molecule is CNC1CCCN(CC(=O)Nc2ccc(S(=O)(=O)N3CCCCC3)cc2)C1.Cl. The molecule has 1 aromatic rings. The maximum absolute atomic E-state index is 12.7. The van der Waals surface area contributed by atoms with Crippen LogP contribution in [0.2, 0.25) is 0 Å². The van der Waals surface area contributed by atoms with Gasteiger partial charge in [0.1, 0.15) is 0 Å². The summed E-state index contributed by atoms with van der Waals surface area (Å²) in [6.45, 7) is 3.33. The van der Waals surface area contributed by atoms with Gasteiger partial charge in [0, 0.05) is 31.4 Å². The van der Waals surface area contributed by atoms with Gasteiger partial charge < -0.3 is 10.6 Å². The number of nitrogens with one attached hydrogen (secondary N) is 2. The second-order valence-electron chi connectivity index (χ2n) is 7.40. The Hall–Kier alpha value is -1.19. The minimum atomic E-state index is -3.43. The zero-order valence-electron chi connectivity index (χ0n) is 16.4. The molecule has 0 spiro atoms. The van der Waals surface area contributed by atoms with Crippen LogP contribution in [-0.2, 0) is 14.8 Å². The molecule has 2 saturated heterocycles. The molecule has 0 aliphatic carbocycles. The fraction of sp³-hybridized carbons (Fsp3) is 0.632. The minimum Gasteiger partial charge on any atom is -0.325 e. The first-order chi connectivity index (χ1) is 13.0. The van der Waals surface area contributed by atoms with Gasteiger partial charge in [-0.3, -0.25) is 9.69 Å². The molecule has 1 amide bonds. The lowest BCUT2D eigenvalue weighted by atomic mass is 10.1. The van der Waals surface area contributed by atoms with E-state index in [4.69, 9.17) is 0 Å². The topological polar surface area (TPSA) is 81.8 Å². The van der Waals surface area contributed by atoms with Crippen LogP contribution in [-0.4, -0.2) is 69.3 Å². The van der Waals surface area contributed by atoms with Crippen LogP contribution >= 0.6 is 12.4 Å². The number of carbonyl (C=O) groups excluding carboxylic acids is 1. The second kappa shape index (κ2) is 10.5. The zero-order chi connectivity index (χ0) is 19.3. The molecule has 158 valence electrons. The van der Waals surface area contributed by atoms with E-state index in [1.165, 1.54) is 0 Å². The number of nitrogens with zero attached hydrogens (tertiary/aromatic N) is 2. The normalized spacial score (nSPS) is 21.7. The Morgan fingerprint density at radius 3 is 2.39 bits per heavy atom. The number of anilines is 1. The van der Waals surface area contributed by atoms with Crippen molar-refractivity contribution in [3.8, 4) is 0 Å². The third kappa shape index (κ3) is 5.90. The van der Waals surface area contributed by atoms with Gasteiger partial charge in [-0.1, -0.05) is 6.42 Å². The predicted octanol–water partition coefficient (Wildman–Crippen LogP) is 1.91. The van der Waals surface area contributed by atoms with Gasteiger partial charge in [-0.2, -0.15) is 4.31 Å². The Kier molecular flexibility index (Phi) is 8.70. The third-order valence-corrected chi connectivity index (χ3v) is 7.28. The van der Waals surface area contributed by atoms with Crippen molar-refractivity contribution in [3.63, 3.8) is 0 Å². The minimum absolute atomic E-state index is 0. The smallest absolute Gasteiger partial charge is 0.243 e. The van der Waals surface area contributed by atoms with E-state index in [0.717, 1.165) is 45.2 Å². The molecule has 2 heterocycles. The van der Waals surface area contributed by atoms with Gasteiger partial charge in [-0.05, 0) is 63.5 Å². The summed E-state index contributed by atoms with van der Waals surface area (Å²) in [7, 11) is -1.48. The molecule has 2 aliphatic heterocycles. The van der Waals surface area contributed by atoms with E-state index < -0.39 is 10.0 Å². The molecule has 0 bridgehead atoms. The van der Waals surface area contributed by atoms with Crippen molar-refractivity contribution in [2.75, 3.05) is 45.1 Å². The highest BCUT2D eigenvalue weighted by molar-refractivity contribution is 7.89. The number of likely N-dealkylation sites (N-methyl/N-ethyl adjacent to an activating group) is 1. The molecule has 0 aromatic heterocycles. The second-order valence-corrected chi connectivity index (χ2v) is 9.34. The van der Waals surface area contributed by atoms with Gasteiger partial charge in [0.15, 0.2) is 0 Å². The van der Waals surface area contributed by atoms with Crippen molar-refractivity contribution in [2.45, 2.75) is 43.0 Å². The number of hydrogen-bond donors (Lipinski definition) is 2.